The van der Waals surface area contributed by atoms with E-state index in [1.165, 1.54) is 0 Å². The van der Waals surface area contributed by atoms with E-state index in [2.05, 4.69) is 19.1 Å². The van der Waals surface area contributed by atoms with Gasteiger partial charge in [-0.2, -0.15) is 0 Å². The van der Waals surface area contributed by atoms with Crippen LogP contribution >= 0.6 is 0 Å². The van der Waals surface area contributed by atoms with E-state index in [0.29, 0.717) is 6.61 Å². The van der Waals surface area contributed by atoms with Gasteiger partial charge < -0.3 is 9.15 Å². The van der Waals surface area contributed by atoms with E-state index in [4.69, 9.17) is 9.15 Å². The predicted octanol–water partition coefficient (Wildman–Crippen LogP) is 5.19. The van der Waals surface area contributed by atoms with Crippen LogP contribution in [0.5, 0.6) is 0 Å². The van der Waals surface area contributed by atoms with Crippen molar-refractivity contribution in [1.29, 1.82) is 0 Å². The first-order valence-corrected chi connectivity index (χ1v) is 7.94. The number of ether oxygens (including phenoxy) is 1. The summed E-state index contributed by atoms with van der Waals surface area (Å²) < 4.78 is 11.1. The second kappa shape index (κ2) is 7.30. The summed E-state index contributed by atoms with van der Waals surface area (Å²) in [6.07, 6.45) is 4.48. The van der Waals surface area contributed by atoms with Crippen LogP contribution in [0.15, 0.2) is 28.7 Å². The average molecular weight is 300 g/mol. The van der Waals surface area contributed by atoms with Crippen LogP contribution in [0, 0.1) is 13.8 Å². The van der Waals surface area contributed by atoms with Crippen molar-refractivity contribution in [2.45, 2.75) is 47.0 Å². The lowest BCUT2D eigenvalue weighted by molar-refractivity contribution is -0.137. The van der Waals surface area contributed by atoms with Gasteiger partial charge in [0.1, 0.15) is 11.3 Å². The Hall–Kier alpha value is -2.03. The lowest BCUT2D eigenvalue weighted by atomic mass is 10.0. The molecule has 3 heteroatoms. The number of hydrogen-bond acceptors (Lipinski definition) is 3. The number of carbonyl (C=O) groups is 1. The Balaban J connectivity index is 2.46. The molecule has 1 heterocycles. The highest BCUT2D eigenvalue weighted by molar-refractivity contribution is 5.94. The van der Waals surface area contributed by atoms with Crippen LogP contribution in [0.2, 0.25) is 0 Å². The molecule has 2 aromatic rings. The molecule has 0 fully saturated rings. The standard InChI is InChI=1S/C19H24O3/c1-5-7-8-15(12-18(20)21-6-2)19-14(4)16-10-9-13(3)11-17(16)22-19/h9-12H,5-8H2,1-4H3/b15-12+. The number of benzene rings is 1. The summed E-state index contributed by atoms with van der Waals surface area (Å²) >= 11 is 0. The molecule has 0 radical (unpaired) electrons. The minimum atomic E-state index is -0.301. The molecule has 22 heavy (non-hydrogen) atoms. The third kappa shape index (κ3) is 3.59. The lowest BCUT2D eigenvalue weighted by Crippen LogP contribution is -2.01. The van der Waals surface area contributed by atoms with Crippen molar-refractivity contribution in [2.75, 3.05) is 6.61 Å². The quantitative estimate of drug-likeness (QED) is 0.544. The summed E-state index contributed by atoms with van der Waals surface area (Å²) in [6.45, 7) is 8.42. The molecular weight excluding hydrogens is 276 g/mol. The third-order valence-corrected chi connectivity index (χ3v) is 3.76. The number of esters is 1. The molecular formula is C19H24O3. The molecule has 0 aliphatic rings. The van der Waals surface area contributed by atoms with E-state index in [1.807, 2.05) is 26.8 Å². The molecule has 0 atom stereocenters. The van der Waals surface area contributed by atoms with Gasteiger partial charge in [-0.3, -0.25) is 0 Å². The number of allylic oxidation sites excluding steroid dienone is 1. The summed E-state index contributed by atoms with van der Waals surface area (Å²) in [5.74, 6) is 0.506. The van der Waals surface area contributed by atoms with Gasteiger partial charge in [0.05, 0.1) is 6.61 Å². The Morgan fingerprint density at radius 1 is 1.27 bits per heavy atom. The van der Waals surface area contributed by atoms with Gasteiger partial charge in [-0.05, 0) is 45.2 Å². The van der Waals surface area contributed by atoms with E-state index < -0.39 is 0 Å². The molecule has 0 bridgehead atoms. The molecule has 0 aliphatic carbocycles. The number of carbonyl (C=O) groups excluding carboxylic acids is 1. The van der Waals surface area contributed by atoms with Crippen LogP contribution in [-0.2, 0) is 9.53 Å². The van der Waals surface area contributed by atoms with Crippen molar-refractivity contribution in [3.63, 3.8) is 0 Å². The SMILES string of the molecule is CCCC/C(=C\C(=O)OCC)c1oc2cc(C)ccc2c1C. The maximum atomic E-state index is 11.8. The van der Waals surface area contributed by atoms with E-state index in [0.717, 1.165) is 52.7 Å². The molecule has 0 N–H and O–H groups in total. The van der Waals surface area contributed by atoms with Gasteiger partial charge in [0.2, 0.25) is 0 Å². The molecule has 2 rings (SSSR count). The highest BCUT2D eigenvalue weighted by Gasteiger charge is 2.16. The topological polar surface area (TPSA) is 39.4 Å². The molecule has 118 valence electrons. The van der Waals surface area contributed by atoms with Crippen molar-refractivity contribution in [3.8, 4) is 0 Å². The van der Waals surface area contributed by atoms with Gasteiger partial charge in [0.25, 0.3) is 0 Å². The number of rotatable bonds is 6. The Bertz CT molecular complexity index is 692. The van der Waals surface area contributed by atoms with E-state index >= 15 is 0 Å². The first-order chi connectivity index (χ1) is 10.6. The molecule has 0 spiro atoms. The van der Waals surface area contributed by atoms with Crippen LogP contribution in [0.3, 0.4) is 0 Å². The second-order valence-corrected chi connectivity index (χ2v) is 5.58. The minimum Gasteiger partial charge on any atom is -0.463 e. The second-order valence-electron chi connectivity index (χ2n) is 5.58. The van der Waals surface area contributed by atoms with Crippen LogP contribution in [0.4, 0.5) is 0 Å². The number of fused-ring (bicyclic) bond motifs is 1. The molecule has 0 amide bonds. The Kier molecular flexibility index (Phi) is 5.42. The number of unbranched alkanes of at least 4 members (excludes halogenated alkanes) is 1. The number of furan rings is 1. The van der Waals surface area contributed by atoms with Gasteiger partial charge in [-0.1, -0.05) is 25.5 Å². The van der Waals surface area contributed by atoms with E-state index in [9.17, 15) is 4.79 Å². The van der Waals surface area contributed by atoms with Gasteiger partial charge in [-0.15, -0.1) is 0 Å². The summed E-state index contributed by atoms with van der Waals surface area (Å²) in [6, 6.07) is 6.19. The number of hydrogen-bond donors (Lipinski definition) is 0. The van der Waals surface area contributed by atoms with Gasteiger partial charge in [-0.25, -0.2) is 4.79 Å². The lowest BCUT2D eigenvalue weighted by Gasteiger charge is -2.05. The average Bonchev–Trinajstić information content (AvgIpc) is 2.80. The summed E-state index contributed by atoms with van der Waals surface area (Å²) in [5.41, 5.74) is 4.05. The monoisotopic (exact) mass is 300 g/mol. The molecule has 0 unspecified atom stereocenters. The van der Waals surface area contributed by atoms with Gasteiger partial charge in [0, 0.05) is 22.6 Å². The van der Waals surface area contributed by atoms with Crippen molar-refractivity contribution in [1.82, 2.24) is 0 Å². The Morgan fingerprint density at radius 3 is 2.73 bits per heavy atom. The smallest absolute Gasteiger partial charge is 0.331 e. The van der Waals surface area contributed by atoms with E-state index in [-0.39, 0.29) is 5.97 Å². The molecule has 1 aromatic carbocycles. The first-order valence-electron chi connectivity index (χ1n) is 7.94. The van der Waals surface area contributed by atoms with Gasteiger partial charge in [0.15, 0.2) is 0 Å². The predicted molar refractivity (Wildman–Crippen MR) is 89.8 cm³/mol. The fourth-order valence-corrected chi connectivity index (χ4v) is 2.58. The maximum absolute atomic E-state index is 11.8. The van der Waals surface area contributed by atoms with Crippen LogP contribution < -0.4 is 0 Å². The third-order valence-electron chi connectivity index (χ3n) is 3.76. The number of aryl methyl sites for hydroxylation is 2. The Labute approximate surface area is 132 Å². The largest absolute Gasteiger partial charge is 0.463 e. The van der Waals surface area contributed by atoms with Crippen molar-refractivity contribution >= 4 is 22.5 Å². The van der Waals surface area contributed by atoms with Crippen LogP contribution in [-0.4, -0.2) is 12.6 Å². The highest BCUT2D eigenvalue weighted by atomic mass is 16.5. The van der Waals surface area contributed by atoms with Crippen LogP contribution in [0.25, 0.3) is 16.5 Å². The normalized spacial score (nSPS) is 11.9. The molecule has 3 nitrogen and oxygen atoms in total. The first kappa shape index (κ1) is 16.3. The zero-order valence-corrected chi connectivity index (χ0v) is 13.9. The molecule has 1 aromatic heterocycles. The van der Waals surface area contributed by atoms with Crippen molar-refractivity contribution in [3.05, 3.63) is 41.2 Å². The zero-order chi connectivity index (χ0) is 16.1. The van der Waals surface area contributed by atoms with Crippen LogP contribution in [0.1, 0.15) is 50.0 Å². The molecule has 0 saturated heterocycles. The Morgan fingerprint density at radius 2 is 2.05 bits per heavy atom. The zero-order valence-electron chi connectivity index (χ0n) is 13.9. The highest BCUT2D eigenvalue weighted by Crippen LogP contribution is 2.33. The van der Waals surface area contributed by atoms with E-state index in [1.54, 1.807) is 6.08 Å². The van der Waals surface area contributed by atoms with Crippen molar-refractivity contribution < 1.29 is 13.9 Å². The fourth-order valence-electron chi connectivity index (χ4n) is 2.58. The van der Waals surface area contributed by atoms with Crippen molar-refractivity contribution in [2.24, 2.45) is 0 Å². The summed E-state index contributed by atoms with van der Waals surface area (Å²) in [5, 5.41) is 1.10. The summed E-state index contributed by atoms with van der Waals surface area (Å²) in [7, 11) is 0. The maximum Gasteiger partial charge on any atom is 0.331 e. The molecule has 0 aliphatic heterocycles. The fraction of sp³-hybridized carbons (Fsp3) is 0.421. The minimum absolute atomic E-state index is 0.301. The summed E-state index contributed by atoms with van der Waals surface area (Å²) in [4.78, 5) is 11.8. The molecule has 0 saturated carbocycles. The van der Waals surface area contributed by atoms with Gasteiger partial charge >= 0.3 is 5.97 Å².